The number of hydrogen-bond donors (Lipinski definition) is 3. The van der Waals surface area contributed by atoms with Gasteiger partial charge in [0.2, 0.25) is 0 Å². The maximum absolute atomic E-state index is 12.0. The van der Waals surface area contributed by atoms with Gasteiger partial charge in [-0.1, -0.05) is 5.16 Å². The second-order valence-corrected chi connectivity index (χ2v) is 3.62. The summed E-state index contributed by atoms with van der Waals surface area (Å²) in [5, 5.41) is 17.7. The predicted molar refractivity (Wildman–Crippen MR) is 57.6 cm³/mol. The molecule has 1 fully saturated rings. The molecule has 2 rings (SSSR count). The highest BCUT2D eigenvalue weighted by Gasteiger charge is 2.27. The highest BCUT2D eigenvalue weighted by atomic mass is 16.5. The number of carbonyl (C=O) groups excluding carboxylic acids is 1. The summed E-state index contributed by atoms with van der Waals surface area (Å²) in [7, 11) is 0. The lowest BCUT2D eigenvalue weighted by Gasteiger charge is -2.31. The number of aromatic amines is 1. The molecule has 1 atom stereocenters. The van der Waals surface area contributed by atoms with E-state index in [4.69, 9.17) is 15.7 Å². The number of ether oxygens (including phenoxy) is 1. The van der Waals surface area contributed by atoms with Crippen molar-refractivity contribution in [3.05, 3.63) is 18.0 Å². The highest BCUT2D eigenvalue weighted by molar-refractivity contribution is 5.94. The van der Waals surface area contributed by atoms with Crippen LogP contribution in [0.3, 0.4) is 0 Å². The van der Waals surface area contributed by atoms with Crippen molar-refractivity contribution >= 4 is 11.7 Å². The number of rotatable bonds is 2. The van der Waals surface area contributed by atoms with Crippen LogP contribution in [-0.4, -0.2) is 57.8 Å². The first-order chi connectivity index (χ1) is 8.22. The molecule has 0 bridgehead atoms. The van der Waals surface area contributed by atoms with E-state index in [9.17, 15) is 4.79 Å². The van der Waals surface area contributed by atoms with E-state index >= 15 is 0 Å². The molecule has 8 heteroatoms. The Kier molecular flexibility index (Phi) is 3.24. The predicted octanol–water partition coefficient (Wildman–Crippen LogP) is -1.00. The van der Waals surface area contributed by atoms with Gasteiger partial charge in [-0.2, -0.15) is 5.10 Å². The fourth-order valence-corrected chi connectivity index (χ4v) is 1.63. The topological polar surface area (TPSA) is 117 Å². The number of morpholine rings is 1. The maximum atomic E-state index is 12.0. The largest absolute Gasteiger partial charge is 0.409 e. The lowest BCUT2D eigenvalue weighted by molar-refractivity contribution is 0.00676. The van der Waals surface area contributed by atoms with Crippen molar-refractivity contribution in [2.24, 2.45) is 10.9 Å². The Bertz CT molecular complexity index is 416. The van der Waals surface area contributed by atoms with Gasteiger partial charge in [0.05, 0.1) is 24.9 Å². The van der Waals surface area contributed by atoms with Crippen LogP contribution in [-0.2, 0) is 4.74 Å². The fourth-order valence-electron chi connectivity index (χ4n) is 1.63. The first-order valence-corrected chi connectivity index (χ1v) is 5.09. The molecule has 0 saturated carbocycles. The van der Waals surface area contributed by atoms with Gasteiger partial charge in [0.1, 0.15) is 6.10 Å². The molecule has 0 aromatic carbocycles. The van der Waals surface area contributed by atoms with Crippen molar-refractivity contribution in [2.75, 3.05) is 19.7 Å². The molecule has 17 heavy (non-hydrogen) atoms. The van der Waals surface area contributed by atoms with Crippen molar-refractivity contribution in [3.63, 3.8) is 0 Å². The first kappa shape index (κ1) is 11.4. The fraction of sp³-hybridized carbons (Fsp3) is 0.444. The lowest BCUT2D eigenvalue weighted by Crippen LogP contribution is -2.50. The van der Waals surface area contributed by atoms with E-state index in [0.29, 0.717) is 18.7 Å². The molecule has 0 spiro atoms. The lowest BCUT2D eigenvalue weighted by atomic mass is 10.2. The minimum absolute atomic E-state index is 0.0327. The van der Waals surface area contributed by atoms with Crippen LogP contribution in [0.25, 0.3) is 0 Å². The van der Waals surface area contributed by atoms with E-state index in [2.05, 4.69) is 15.4 Å². The summed E-state index contributed by atoms with van der Waals surface area (Å²) in [4.78, 5) is 13.6. The van der Waals surface area contributed by atoms with Gasteiger partial charge >= 0.3 is 0 Å². The molecule has 0 aliphatic carbocycles. The summed E-state index contributed by atoms with van der Waals surface area (Å²) in [5.74, 6) is -0.188. The van der Waals surface area contributed by atoms with Crippen LogP contribution < -0.4 is 5.73 Å². The Morgan fingerprint density at radius 3 is 3.24 bits per heavy atom. The van der Waals surface area contributed by atoms with E-state index in [0.717, 1.165) is 0 Å². The molecular weight excluding hydrogens is 226 g/mol. The smallest absolute Gasteiger partial charge is 0.257 e. The zero-order valence-corrected chi connectivity index (χ0v) is 9.04. The van der Waals surface area contributed by atoms with Gasteiger partial charge in [-0.3, -0.25) is 9.89 Å². The Hall–Kier alpha value is -2.09. The van der Waals surface area contributed by atoms with E-state index in [1.165, 1.54) is 12.4 Å². The van der Waals surface area contributed by atoms with Crippen LogP contribution in [0.4, 0.5) is 0 Å². The number of aromatic nitrogens is 2. The zero-order valence-electron chi connectivity index (χ0n) is 9.04. The number of amidine groups is 1. The highest BCUT2D eigenvalue weighted by Crippen LogP contribution is 2.09. The summed E-state index contributed by atoms with van der Waals surface area (Å²) >= 11 is 0. The number of amides is 1. The van der Waals surface area contributed by atoms with Gasteiger partial charge in [-0.05, 0) is 0 Å². The Morgan fingerprint density at radius 1 is 1.76 bits per heavy atom. The number of oxime groups is 1. The van der Waals surface area contributed by atoms with E-state index in [-0.39, 0.29) is 18.3 Å². The molecule has 1 aromatic heterocycles. The van der Waals surface area contributed by atoms with Crippen LogP contribution in [0.15, 0.2) is 17.5 Å². The van der Waals surface area contributed by atoms with Crippen LogP contribution in [0.1, 0.15) is 10.4 Å². The third-order valence-electron chi connectivity index (χ3n) is 2.54. The molecule has 2 heterocycles. The summed E-state index contributed by atoms with van der Waals surface area (Å²) < 4.78 is 5.30. The van der Waals surface area contributed by atoms with Crippen LogP contribution in [0.2, 0.25) is 0 Å². The molecule has 4 N–H and O–H groups in total. The van der Waals surface area contributed by atoms with Crippen molar-refractivity contribution in [3.8, 4) is 0 Å². The molecular formula is C9H13N5O3. The Balaban J connectivity index is 2.05. The van der Waals surface area contributed by atoms with E-state index < -0.39 is 6.10 Å². The monoisotopic (exact) mass is 239 g/mol. The Labute approximate surface area is 97.0 Å². The third kappa shape index (κ3) is 2.36. The van der Waals surface area contributed by atoms with Crippen molar-refractivity contribution in [1.82, 2.24) is 15.1 Å². The number of nitrogens with two attached hydrogens (primary N) is 1. The number of H-pyrrole nitrogens is 1. The van der Waals surface area contributed by atoms with Gasteiger partial charge < -0.3 is 20.6 Å². The van der Waals surface area contributed by atoms with Crippen molar-refractivity contribution in [2.45, 2.75) is 6.10 Å². The van der Waals surface area contributed by atoms with Crippen molar-refractivity contribution < 1.29 is 14.7 Å². The first-order valence-electron chi connectivity index (χ1n) is 5.09. The summed E-state index contributed by atoms with van der Waals surface area (Å²) in [5.41, 5.74) is 5.92. The normalized spacial score (nSPS) is 21.5. The average molecular weight is 239 g/mol. The number of nitrogens with one attached hydrogen (secondary N) is 1. The van der Waals surface area contributed by atoms with Crippen LogP contribution in [0.5, 0.6) is 0 Å². The van der Waals surface area contributed by atoms with Gasteiger partial charge in [0.25, 0.3) is 5.91 Å². The molecule has 1 saturated heterocycles. The summed E-state index contributed by atoms with van der Waals surface area (Å²) in [6.45, 7) is 1.09. The standard InChI is InChI=1S/C9H13N5O3/c10-8(13-16)7-5-14(1-2-17-7)9(15)6-3-11-12-4-6/h3-4,7,16H,1-2,5H2,(H2,10,13)(H,11,12). The molecule has 1 aliphatic heterocycles. The number of hydrogen-bond acceptors (Lipinski definition) is 5. The van der Waals surface area contributed by atoms with Gasteiger partial charge in [-0.15, -0.1) is 0 Å². The minimum atomic E-state index is -0.565. The van der Waals surface area contributed by atoms with E-state index in [1.54, 1.807) is 4.90 Å². The second-order valence-electron chi connectivity index (χ2n) is 3.62. The van der Waals surface area contributed by atoms with Gasteiger partial charge in [0.15, 0.2) is 5.84 Å². The maximum Gasteiger partial charge on any atom is 0.257 e. The van der Waals surface area contributed by atoms with Crippen LogP contribution >= 0.6 is 0 Å². The second kappa shape index (κ2) is 4.83. The summed E-state index contributed by atoms with van der Waals surface area (Å²) in [6.07, 6.45) is 2.41. The number of carbonyl (C=O) groups is 1. The molecule has 92 valence electrons. The zero-order chi connectivity index (χ0) is 12.3. The Morgan fingerprint density at radius 2 is 2.59 bits per heavy atom. The van der Waals surface area contributed by atoms with Gasteiger partial charge in [0, 0.05) is 12.7 Å². The molecule has 8 nitrogen and oxygen atoms in total. The quantitative estimate of drug-likeness (QED) is 0.265. The molecule has 0 radical (unpaired) electrons. The number of nitrogens with zero attached hydrogens (tertiary/aromatic N) is 3. The third-order valence-corrected chi connectivity index (χ3v) is 2.54. The van der Waals surface area contributed by atoms with Crippen molar-refractivity contribution in [1.29, 1.82) is 0 Å². The summed E-state index contributed by atoms with van der Waals surface area (Å²) in [6, 6.07) is 0. The average Bonchev–Trinajstić information content (AvgIpc) is 2.91. The van der Waals surface area contributed by atoms with Crippen LogP contribution in [0, 0.1) is 0 Å². The van der Waals surface area contributed by atoms with E-state index in [1.807, 2.05) is 0 Å². The minimum Gasteiger partial charge on any atom is -0.409 e. The molecule has 1 amide bonds. The molecule has 1 aromatic rings. The SMILES string of the molecule is NC(=NO)C1CN(C(=O)c2cn[nH]c2)CCO1. The molecule has 1 unspecified atom stereocenters. The molecule has 1 aliphatic rings. The van der Waals surface area contributed by atoms with Gasteiger partial charge in [-0.25, -0.2) is 0 Å².